The third kappa shape index (κ3) is 9.18. The summed E-state index contributed by atoms with van der Waals surface area (Å²) in [6, 6.07) is 18.4. The van der Waals surface area contributed by atoms with Gasteiger partial charge in [-0.15, -0.1) is 0 Å². The highest BCUT2D eigenvalue weighted by molar-refractivity contribution is 5.98. The number of nitrogen functional groups attached to an aromatic ring is 1. The van der Waals surface area contributed by atoms with Crippen molar-refractivity contribution in [3.8, 4) is 22.6 Å². The van der Waals surface area contributed by atoms with Crippen LogP contribution in [0.15, 0.2) is 66.7 Å². The van der Waals surface area contributed by atoms with E-state index in [4.69, 9.17) is 25.8 Å². The number of carboxylic acid groups (broad SMARTS) is 2. The predicted octanol–water partition coefficient (Wildman–Crippen LogP) is 5.75. The van der Waals surface area contributed by atoms with Crippen LogP contribution < -0.4 is 15.8 Å². The molecule has 0 atom stereocenters. The summed E-state index contributed by atoms with van der Waals surface area (Å²) in [5, 5.41) is 27.2. The number of amides is 1. The molecule has 0 fully saturated rings. The Morgan fingerprint density at radius 3 is 2.08 bits per heavy atom. The van der Waals surface area contributed by atoms with Crippen LogP contribution >= 0.6 is 0 Å². The van der Waals surface area contributed by atoms with Crippen molar-refractivity contribution in [2.45, 2.75) is 26.4 Å². The normalized spacial score (nSPS) is 10.7. The molecule has 0 bridgehead atoms. The maximum Gasteiger partial charge on any atom is 0.490 e. The number of halogens is 3. The van der Waals surface area contributed by atoms with Crippen LogP contribution in [0.2, 0.25) is 0 Å². The molecule has 9 nitrogen and oxygen atoms in total. The van der Waals surface area contributed by atoms with Crippen molar-refractivity contribution in [3.63, 3.8) is 0 Å². The summed E-state index contributed by atoms with van der Waals surface area (Å²) in [6.07, 6.45) is -4.71. The molecule has 0 aliphatic heterocycles. The van der Waals surface area contributed by atoms with Gasteiger partial charge in [0.1, 0.15) is 17.3 Å². The summed E-state index contributed by atoms with van der Waals surface area (Å²) in [5.74, 6) is -2.85. The van der Waals surface area contributed by atoms with E-state index in [1.54, 1.807) is 60.7 Å². The van der Waals surface area contributed by atoms with E-state index in [9.17, 15) is 27.9 Å². The van der Waals surface area contributed by atoms with Crippen molar-refractivity contribution < 1.29 is 42.5 Å². The van der Waals surface area contributed by atoms with Crippen LogP contribution in [-0.4, -0.2) is 40.1 Å². The Bertz CT molecular complexity index is 1360. The Morgan fingerprint density at radius 2 is 1.56 bits per heavy atom. The van der Waals surface area contributed by atoms with Crippen molar-refractivity contribution in [2.75, 3.05) is 5.32 Å². The number of benzene rings is 3. The molecular weight excluding hydrogens is 519 g/mol. The molecule has 206 valence electrons. The number of aliphatic carboxylic acids is 1. The lowest BCUT2D eigenvalue weighted by Gasteiger charge is -2.16. The Kier molecular flexibility index (Phi) is 10.2. The second-order valence-corrected chi connectivity index (χ2v) is 8.55. The van der Waals surface area contributed by atoms with Crippen molar-refractivity contribution in [2.24, 2.45) is 11.7 Å². The zero-order valence-corrected chi connectivity index (χ0v) is 20.9. The number of carbonyl (C=O) groups excluding carboxylic acids is 1. The van der Waals surface area contributed by atoms with Gasteiger partial charge in [0, 0.05) is 23.2 Å². The van der Waals surface area contributed by atoms with Gasteiger partial charge in [-0.1, -0.05) is 32.0 Å². The van der Waals surface area contributed by atoms with Gasteiger partial charge in [-0.25, -0.2) is 9.59 Å². The second-order valence-electron chi connectivity index (χ2n) is 8.55. The molecule has 0 saturated carbocycles. The smallest absolute Gasteiger partial charge is 0.478 e. The molecule has 0 aromatic heterocycles. The van der Waals surface area contributed by atoms with Gasteiger partial charge in [0.15, 0.2) is 0 Å². The number of carboxylic acids is 2. The fourth-order valence-electron chi connectivity index (χ4n) is 3.22. The SMILES string of the molecule is CC(C)CC(=O)Nc1ccc(Oc2ccc(C(=N)N)cc2)c(-c2ccccc2C(=O)O)c1.O=C(O)C(F)(F)F. The van der Waals surface area contributed by atoms with E-state index in [-0.39, 0.29) is 23.2 Å². The number of alkyl halides is 3. The average molecular weight is 546 g/mol. The number of ether oxygens (including phenoxy) is 1. The summed E-state index contributed by atoms with van der Waals surface area (Å²) >= 11 is 0. The van der Waals surface area contributed by atoms with Crippen molar-refractivity contribution in [1.29, 1.82) is 5.41 Å². The summed E-state index contributed by atoms with van der Waals surface area (Å²) in [5.41, 5.74) is 7.73. The van der Waals surface area contributed by atoms with Gasteiger partial charge in [0.2, 0.25) is 5.91 Å². The van der Waals surface area contributed by atoms with Crippen LogP contribution in [0.5, 0.6) is 11.5 Å². The highest BCUT2D eigenvalue weighted by Gasteiger charge is 2.38. The number of nitrogens with two attached hydrogens (primary N) is 1. The predicted molar refractivity (Wildman–Crippen MR) is 138 cm³/mol. The first-order valence-corrected chi connectivity index (χ1v) is 11.4. The number of anilines is 1. The van der Waals surface area contributed by atoms with E-state index in [2.05, 4.69) is 5.32 Å². The van der Waals surface area contributed by atoms with Crippen LogP contribution in [0.3, 0.4) is 0 Å². The molecule has 3 aromatic carbocycles. The zero-order valence-electron chi connectivity index (χ0n) is 20.9. The molecule has 3 rings (SSSR count). The zero-order chi connectivity index (χ0) is 29.3. The average Bonchev–Trinajstić information content (AvgIpc) is 2.84. The van der Waals surface area contributed by atoms with Gasteiger partial charge < -0.3 is 26.0 Å². The van der Waals surface area contributed by atoms with Crippen LogP contribution in [-0.2, 0) is 9.59 Å². The summed E-state index contributed by atoms with van der Waals surface area (Å²) < 4.78 is 37.8. The first-order valence-electron chi connectivity index (χ1n) is 11.4. The van der Waals surface area contributed by atoms with Crippen LogP contribution in [0.25, 0.3) is 11.1 Å². The Hall–Kier alpha value is -4.87. The number of aromatic carboxylic acids is 1. The van der Waals surface area contributed by atoms with Gasteiger partial charge >= 0.3 is 18.1 Å². The fraction of sp³-hybridized carbons (Fsp3) is 0.185. The minimum atomic E-state index is -5.08. The Balaban J connectivity index is 0.000000673. The van der Waals surface area contributed by atoms with E-state index >= 15 is 0 Å². The minimum Gasteiger partial charge on any atom is -0.478 e. The Morgan fingerprint density at radius 1 is 0.974 bits per heavy atom. The van der Waals surface area contributed by atoms with Gasteiger partial charge in [-0.05, 0) is 60.0 Å². The molecule has 0 saturated heterocycles. The minimum absolute atomic E-state index is 0.0471. The van der Waals surface area contributed by atoms with Crippen molar-refractivity contribution in [1.82, 2.24) is 0 Å². The first kappa shape index (κ1) is 30.4. The molecule has 0 heterocycles. The topological polar surface area (TPSA) is 163 Å². The molecule has 0 aliphatic rings. The monoisotopic (exact) mass is 545 g/mol. The Labute approximate surface area is 221 Å². The van der Waals surface area contributed by atoms with Crippen LogP contribution in [0.1, 0.15) is 36.2 Å². The molecule has 3 aromatic rings. The van der Waals surface area contributed by atoms with Gasteiger partial charge in [-0.3, -0.25) is 10.2 Å². The van der Waals surface area contributed by atoms with Gasteiger partial charge in [0.05, 0.1) is 5.56 Å². The first-order chi connectivity index (χ1) is 18.2. The molecule has 39 heavy (non-hydrogen) atoms. The molecule has 0 radical (unpaired) electrons. The van der Waals surface area contributed by atoms with E-state index in [0.29, 0.717) is 40.3 Å². The summed E-state index contributed by atoms with van der Waals surface area (Å²) in [4.78, 5) is 32.9. The molecular formula is C27H26F3N3O6. The molecule has 0 spiro atoms. The molecule has 0 unspecified atom stereocenters. The lowest BCUT2D eigenvalue weighted by atomic mass is 9.98. The van der Waals surface area contributed by atoms with Crippen LogP contribution in [0.4, 0.5) is 18.9 Å². The van der Waals surface area contributed by atoms with Crippen molar-refractivity contribution >= 4 is 29.4 Å². The quantitative estimate of drug-likeness (QED) is 0.178. The third-order valence-corrected chi connectivity index (χ3v) is 4.94. The second kappa shape index (κ2) is 13.1. The summed E-state index contributed by atoms with van der Waals surface area (Å²) in [7, 11) is 0. The number of hydrogen-bond donors (Lipinski definition) is 5. The highest BCUT2D eigenvalue weighted by Crippen LogP contribution is 2.37. The standard InChI is InChI=1S/C25H25N3O4.C2HF3O2/c1-15(2)13-23(29)28-17-9-12-22(32-18-10-7-16(8-11-18)24(26)27)21(14-17)19-5-3-4-6-20(19)25(30)31;3-2(4,5)1(6)7/h3-12,14-15H,13H2,1-2H3,(H3,26,27)(H,28,29)(H,30,31);(H,6,7). The summed E-state index contributed by atoms with van der Waals surface area (Å²) in [6.45, 7) is 3.92. The molecule has 6 N–H and O–H groups in total. The maximum absolute atomic E-state index is 12.2. The van der Waals surface area contributed by atoms with Crippen molar-refractivity contribution in [3.05, 3.63) is 77.9 Å². The van der Waals surface area contributed by atoms with Gasteiger partial charge in [-0.2, -0.15) is 13.2 Å². The third-order valence-electron chi connectivity index (χ3n) is 4.94. The molecule has 12 heteroatoms. The maximum atomic E-state index is 12.2. The number of rotatable bonds is 8. The van der Waals surface area contributed by atoms with E-state index in [1.165, 1.54) is 6.07 Å². The number of carbonyl (C=O) groups is 3. The number of amidine groups is 1. The number of nitrogens with one attached hydrogen (secondary N) is 2. The van der Waals surface area contributed by atoms with E-state index < -0.39 is 18.1 Å². The van der Waals surface area contributed by atoms with Crippen LogP contribution in [0, 0.1) is 11.3 Å². The van der Waals surface area contributed by atoms with E-state index in [1.807, 2.05) is 13.8 Å². The molecule has 1 amide bonds. The number of hydrogen-bond acceptors (Lipinski definition) is 5. The highest BCUT2D eigenvalue weighted by atomic mass is 19.4. The lowest BCUT2D eigenvalue weighted by Crippen LogP contribution is -2.21. The molecule has 0 aliphatic carbocycles. The van der Waals surface area contributed by atoms with Gasteiger partial charge in [0.25, 0.3) is 0 Å². The lowest BCUT2D eigenvalue weighted by molar-refractivity contribution is -0.192. The van der Waals surface area contributed by atoms with E-state index in [0.717, 1.165) is 0 Å². The largest absolute Gasteiger partial charge is 0.490 e. The fourth-order valence-corrected chi connectivity index (χ4v) is 3.22.